The van der Waals surface area contributed by atoms with Gasteiger partial charge in [0.1, 0.15) is 16.7 Å². The Morgan fingerprint density at radius 2 is 1.40 bits per heavy atom. The number of carboxylic acids is 2. The lowest BCUT2D eigenvalue weighted by Crippen LogP contribution is -2.29. The second kappa shape index (κ2) is 20.8. The largest absolute Gasteiger partial charge is 0.744 e. The predicted octanol–water partition coefficient (Wildman–Crippen LogP) is 7.79. The molecule has 0 spiro atoms. The van der Waals surface area contributed by atoms with E-state index in [1.165, 1.54) is 24.3 Å². The van der Waals surface area contributed by atoms with Crippen LogP contribution in [0.2, 0.25) is 0 Å². The second-order valence-corrected chi connectivity index (χ2v) is 18.8. The summed E-state index contributed by atoms with van der Waals surface area (Å²) in [4.78, 5) is 35.8. The number of rotatable bonds is 24. The van der Waals surface area contributed by atoms with Gasteiger partial charge in [-0.2, -0.15) is 13.0 Å². The molecule has 328 valence electrons. The molecule has 0 amide bonds. The summed E-state index contributed by atoms with van der Waals surface area (Å²) >= 11 is 0. The van der Waals surface area contributed by atoms with E-state index < -0.39 is 43.0 Å². The van der Waals surface area contributed by atoms with Crippen LogP contribution in [-0.4, -0.2) is 84.0 Å². The number of carbonyl (C=O) groups excluding carboxylic acids is 1. The summed E-state index contributed by atoms with van der Waals surface area (Å²) in [5, 5.41) is 18.3. The van der Waals surface area contributed by atoms with Crippen molar-refractivity contribution < 1.29 is 59.9 Å². The standard InChI is InChI=1S/C44H58N2O12S2/c1-5-58-42(51)22-14-9-17-29-46-37-26-24-33(60(55,56)57)31-35(37)44(4,27-15-7-12-20-40(47)48)39(46)19-11-6-10-18-38-43(2,3)34-30-32(59(52,53)54)23-25-36(34)45(38)28-16-8-13-21-41(49)50/h6,10-11,18-19,23-26,30-31H,5,7-9,12-17,20-22,27-29H2,1-4H3,(H3-,47,48,49,50,52,53,54,55,56,57). The molecule has 16 heteroatoms. The third-order valence-electron chi connectivity index (χ3n) is 11.3. The fraction of sp³-hybridized carbons (Fsp3) is 0.500. The van der Waals surface area contributed by atoms with E-state index in [-0.39, 0.29) is 28.6 Å². The van der Waals surface area contributed by atoms with E-state index in [1.54, 1.807) is 19.1 Å². The molecule has 3 N–H and O–H groups in total. The van der Waals surface area contributed by atoms with Gasteiger partial charge in [0.15, 0.2) is 5.71 Å². The summed E-state index contributed by atoms with van der Waals surface area (Å²) in [6.45, 7) is 9.09. The van der Waals surface area contributed by atoms with Gasteiger partial charge in [0.2, 0.25) is 5.69 Å². The molecule has 2 aliphatic rings. The Morgan fingerprint density at radius 1 is 0.783 bits per heavy atom. The summed E-state index contributed by atoms with van der Waals surface area (Å²) in [7, 11) is -9.22. The Bertz CT molecular complexity index is 2260. The van der Waals surface area contributed by atoms with Gasteiger partial charge in [-0.05, 0) is 108 Å². The zero-order chi connectivity index (χ0) is 44.3. The second-order valence-electron chi connectivity index (χ2n) is 16.0. The topological polar surface area (TPSA) is 219 Å². The summed E-state index contributed by atoms with van der Waals surface area (Å²) in [6.07, 6.45) is 16.2. The first-order valence-electron chi connectivity index (χ1n) is 20.5. The maximum absolute atomic E-state index is 12.3. The minimum atomic E-state index is -4.70. The highest BCUT2D eigenvalue weighted by Crippen LogP contribution is 2.51. The molecule has 0 radical (unpaired) electrons. The molecule has 0 saturated heterocycles. The first-order chi connectivity index (χ1) is 28.2. The Morgan fingerprint density at radius 3 is 2.03 bits per heavy atom. The van der Waals surface area contributed by atoms with Crippen LogP contribution in [-0.2, 0) is 50.2 Å². The Hall–Kier alpha value is -4.64. The molecule has 2 aliphatic heterocycles. The lowest BCUT2D eigenvalue weighted by Gasteiger charge is -2.30. The number of fused-ring (bicyclic) bond motifs is 2. The van der Waals surface area contributed by atoms with Gasteiger partial charge in [0.25, 0.3) is 10.1 Å². The van der Waals surface area contributed by atoms with E-state index in [1.807, 2.05) is 51.2 Å². The molecular weight excluding hydrogens is 813 g/mol. The van der Waals surface area contributed by atoms with Gasteiger partial charge >= 0.3 is 17.9 Å². The van der Waals surface area contributed by atoms with Gasteiger partial charge in [-0.15, -0.1) is 0 Å². The quantitative estimate of drug-likeness (QED) is 0.0302. The Labute approximate surface area is 353 Å². The highest BCUT2D eigenvalue weighted by Gasteiger charge is 2.45. The van der Waals surface area contributed by atoms with Crippen molar-refractivity contribution in [3.05, 3.63) is 83.6 Å². The number of carbonyl (C=O) groups is 3. The average Bonchev–Trinajstić information content (AvgIpc) is 3.52. The molecule has 2 heterocycles. The van der Waals surface area contributed by atoms with E-state index in [2.05, 4.69) is 9.48 Å². The third kappa shape index (κ3) is 12.2. The van der Waals surface area contributed by atoms with Crippen LogP contribution in [0.4, 0.5) is 11.4 Å². The maximum atomic E-state index is 12.3. The lowest BCUT2D eigenvalue weighted by molar-refractivity contribution is -0.438. The molecule has 2 aromatic carbocycles. The maximum Gasteiger partial charge on any atom is 0.305 e. The van der Waals surface area contributed by atoms with Crippen molar-refractivity contribution in [1.82, 2.24) is 0 Å². The van der Waals surface area contributed by atoms with Gasteiger partial charge in [-0.25, -0.2) is 8.42 Å². The molecule has 0 saturated carbocycles. The van der Waals surface area contributed by atoms with Crippen molar-refractivity contribution >= 4 is 55.2 Å². The molecule has 0 aliphatic carbocycles. The predicted molar refractivity (Wildman–Crippen MR) is 226 cm³/mol. The smallest absolute Gasteiger partial charge is 0.305 e. The van der Waals surface area contributed by atoms with Crippen LogP contribution in [0.15, 0.2) is 82.3 Å². The number of aliphatic carboxylic acids is 2. The average molecular weight is 871 g/mol. The van der Waals surface area contributed by atoms with Gasteiger partial charge < -0.3 is 24.4 Å². The number of nitrogens with zero attached hydrogens (tertiary/aromatic N) is 2. The van der Waals surface area contributed by atoms with Crippen molar-refractivity contribution in [3.63, 3.8) is 0 Å². The van der Waals surface area contributed by atoms with Gasteiger partial charge in [0.05, 0.1) is 21.8 Å². The summed E-state index contributed by atoms with van der Waals surface area (Å²) in [5.74, 6) is -1.99. The number of hydrogen-bond donors (Lipinski definition) is 3. The molecule has 2 aromatic rings. The fourth-order valence-corrected chi connectivity index (χ4v) is 9.21. The zero-order valence-electron chi connectivity index (χ0n) is 34.9. The van der Waals surface area contributed by atoms with Crippen LogP contribution in [0.3, 0.4) is 0 Å². The SMILES string of the molecule is CCOC(=O)CCCCCN1\C(=C/C=C/C=C/C2=[N+](CCCCCC(=O)O)c3ccc(S(=O)(=O)[O-])cc3C2(C)C)C(C)(CCCCCC(=O)O)c2cc(S(=O)(=O)O)ccc21. The third-order valence-corrected chi connectivity index (χ3v) is 13.0. The van der Waals surface area contributed by atoms with E-state index in [0.29, 0.717) is 89.5 Å². The molecule has 1 atom stereocenters. The summed E-state index contributed by atoms with van der Waals surface area (Å²) in [5.41, 5.74) is 3.28. The van der Waals surface area contributed by atoms with Gasteiger partial charge in [0, 0.05) is 66.7 Å². The van der Waals surface area contributed by atoms with E-state index in [0.717, 1.165) is 34.8 Å². The van der Waals surface area contributed by atoms with E-state index in [4.69, 9.17) is 9.84 Å². The van der Waals surface area contributed by atoms with Crippen molar-refractivity contribution in [2.24, 2.45) is 0 Å². The summed E-state index contributed by atoms with van der Waals surface area (Å²) in [6, 6.07) is 8.95. The van der Waals surface area contributed by atoms with E-state index in [9.17, 15) is 45.4 Å². The van der Waals surface area contributed by atoms with Crippen molar-refractivity contribution in [2.75, 3.05) is 24.6 Å². The molecule has 4 rings (SSSR count). The fourth-order valence-electron chi connectivity index (χ4n) is 8.21. The van der Waals surface area contributed by atoms with E-state index >= 15 is 0 Å². The van der Waals surface area contributed by atoms with Crippen LogP contribution < -0.4 is 4.90 Å². The first-order valence-corrected chi connectivity index (χ1v) is 23.4. The van der Waals surface area contributed by atoms with Crippen LogP contribution in [0, 0.1) is 0 Å². The number of esters is 1. The number of unbranched alkanes of at least 4 members (excludes halogenated alkanes) is 6. The molecule has 0 bridgehead atoms. The highest BCUT2D eigenvalue weighted by molar-refractivity contribution is 7.86. The minimum Gasteiger partial charge on any atom is -0.744 e. The molecule has 60 heavy (non-hydrogen) atoms. The van der Waals surface area contributed by atoms with Crippen LogP contribution in [0.5, 0.6) is 0 Å². The molecule has 1 unspecified atom stereocenters. The number of benzene rings is 2. The monoisotopic (exact) mass is 870 g/mol. The molecule has 0 aromatic heterocycles. The minimum absolute atomic E-state index is 0.0395. The van der Waals surface area contributed by atoms with Gasteiger partial charge in [-0.1, -0.05) is 37.5 Å². The van der Waals surface area contributed by atoms with Crippen LogP contribution in [0.25, 0.3) is 0 Å². The zero-order valence-corrected chi connectivity index (χ0v) is 36.5. The van der Waals surface area contributed by atoms with Crippen LogP contribution >= 0.6 is 0 Å². The number of carboxylic acid groups (broad SMARTS) is 2. The van der Waals surface area contributed by atoms with Crippen molar-refractivity contribution in [2.45, 2.75) is 132 Å². The molecule has 14 nitrogen and oxygen atoms in total. The number of ether oxygens (including phenoxy) is 1. The molecule has 0 fully saturated rings. The Balaban J connectivity index is 1.71. The van der Waals surface area contributed by atoms with Gasteiger partial charge in [-0.3, -0.25) is 18.9 Å². The Kier molecular flexibility index (Phi) is 16.6. The van der Waals surface area contributed by atoms with Crippen molar-refractivity contribution in [3.8, 4) is 0 Å². The van der Waals surface area contributed by atoms with Crippen LogP contribution in [0.1, 0.15) is 122 Å². The number of hydrogen-bond acceptors (Lipinski definition) is 10. The lowest BCUT2D eigenvalue weighted by atomic mass is 9.77. The highest BCUT2D eigenvalue weighted by atomic mass is 32.2. The first kappa shape index (κ1) is 48.0. The molecular formula is C44H58N2O12S2. The number of allylic oxidation sites excluding steroid dienone is 6. The summed E-state index contributed by atoms with van der Waals surface area (Å²) < 4.78 is 77.7. The van der Waals surface area contributed by atoms with Crippen molar-refractivity contribution in [1.29, 1.82) is 0 Å². The number of anilines is 1. The normalized spacial score (nSPS) is 18.2.